The number of pyridine rings is 1. The van der Waals surface area contributed by atoms with Crippen LogP contribution < -0.4 is 11.5 Å². The molecule has 0 bridgehead atoms. The third-order valence-electron chi connectivity index (χ3n) is 2.53. The molecule has 0 atom stereocenters. The first-order valence-corrected chi connectivity index (χ1v) is 5.83. The Labute approximate surface area is 102 Å². The topological polar surface area (TPSA) is 85.2 Å². The minimum atomic E-state index is -0.316. The lowest BCUT2D eigenvalue weighted by Gasteiger charge is -2.20. The van der Waals surface area contributed by atoms with Gasteiger partial charge in [-0.05, 0) is 19.0 Å². The van der Waals surface area contributed by atoms with Crippen molar-refractivity contribution >= 4 is 11.7 Å². The van der Waals surface area contributed by atoms with Crippen LogP contribution in [0.3, 0.4) is 0 Å². The van der Waals surface area contributed by atoms with E-state index in [0.717, 1.165) is 24.9 Å². The zero-order valence-electron chi connectivity index (χ0n) is 10.2. The van der Waals surface area contributed by atoms with Gasteiger partial charge in [0.2, 0.25) is 5.91 Å². The summed E-state index contributed by atoms with van der Waals surface area (Å²) >= 11 is 0. The molecule has 1 amide bonds. The molecule has 1 heterocycles. The molecule has 0 saturated carbocycles. The third kappa shape index (κ3) is 4.82. The summed E-state index contributed by atoms with van der Waals surface area (Å²) in [6, 6.07) is 3.76. The van der Waals surface area contributed by atoms with Crippen molar-refractivity contribution in [2.75, 3.05) is 18.8 Å². The summed E-state index contributed by atoms with van der Waals surface area (Å²) < 4.78 is 0. The van der Waals surface area contributed by atoms with E-state index >= 15 is 0 Å². The Kier molecular flexibility index (Phi) is 5.42. The number of carbonyl (C=O) groups is 1. The molecule has 0 radical (unpaired) electrons. The minimum absolute atomic E-state index is 0.258. The van der Waals surface area contributed by atoms with Crippen LogP contribution in [0, 0.1) is 0 Å². The fourth-order valence-electron chi connectivity index (χ4n) is 1.64. The second kappa shape index (κ2) is 6.85. The summed E-state index contributed by atoms with van der Waals surface area (Å²) in [5, 5.41) is 0. The number of unbranched alkanes of at least 4 members (excludes halogenated alkanes) is 1. The number of hydrogen-bond donors (Lipinski definition) is 2. The molecule has 4 N–H and O–H groups in total. The van der Waals surface area contributed by atoms with Gasteiger partial charge in [0.15, 0.2) is 0 Å². The Morgan fingerprint density at radius 3 is 2.88 bits per heavy atom. The van der Waals surface area contributed by atoms with Crippen LogP contribution >= 0.6 is 0 Å². The average molecular weight is 236 g/mol. The summed E-state index contributed by atoms with van der Waals surface area (Å²) in [4.78, 5) is 17.0. The number of anilines is 1. The van der Waals surface area contributed by atoms with Crippen molar-refractivity contribution in [1.82, 2.24) is 9.88 Å². The van der Waals surface area contributed by atoms with E-state index in [4.69, 9.17) is 11.5 Å². The molecule has 0 spiro atoms. The van der Waals surface area contributed by atoms with Crippen molar-refractivity contribution in [3.05, 3.63) is 23.9 Å². The quantitative estimate of drug-likeness (QED) is 0.731. The van der Waals surface area contributed by atoms with Crippen LogP contribution in [0.15, 0.2) is 18.3 Å². The minimum Gasteiger partial charge on any atom is -0.383 e. The first-order valence-electron chi connectivity index (χ1n) is 5.83. The van der Waals surface area contributed by atoms with Gasteiger partial charge in [-0.15, -0.1) is 0 Å². The fraction of sp³-hybridized carbons (Fsp3) is 0.500. The predicted molar refractivity (Wildman–Crippen MR) is 68.0 cm³/mol. The number of rotatable bonds is 7. The lowest BCUT2D eigenvalue weighted by atomic mass is 10.2. The zero-order valence-corrected chi connectivity index (χ0v) is 10.2. The SMILES string of the molecule is CCCCN(CC(N)=O)Cc1cccnc1N. The Morgan fingerprint density at radius 1 is 1.53 bits per heavy atom. The molecule has 1 aromatic heterocycles. The van der Waals surface area contributed by atoms with E-state index in [1.54, 1.807) is 6.20 Å². The van der Waals surface area contributed by atoms with E-state index in [1.165, 1.54) is 0 Å². The van der Waals surface area contributed by atoms with Gasteiger partial charge in [-0.25, -0.2) is 4.98 Å². The van der Waals surface area contributed by atoms with E-state index in [1.807, 2.05) is 17.0 Å². The molecule has 0 unspecified atom stereocenters. The van der Waals surface area contributed by atoms with Gasteiger partial charge in [0, 0.05) is 18.3 Å². The van der Waals surface area contributed by atoms with Crippen molar-refractivity contribution < 1.29 is 4.79 Å². The molecule has 0 aromatic carbocycles. The molecule has 5 nitrogen and oxygen atoms in total. The van der Waals surface area contributed by atoms with Crippen molar-refractivity contribution in [2.24, 2.45) is 5.73 Å². The molecule has 1 rings (SSSR count). The number of nitrogen functional groups attached to an aromatic ring is 1. The second-order valence-corrected chi connectivity index (χ2v) is 4.08. The molecule has 0 aliphatic heterocycles. The number of carbonyl (C=O) groups excluding carboxylic acids is 1. The Hall–Kier alpha value is -1.62. The summed E-state index contributed by atoms with van der Waals surface area (Å²) in [7, 11) is 0. The lowest BCUT2D eigenvalue weighted by molar-refractivity contribution is -0.119. The third-order valence-corrected chi connectivity index (χ3v) is 2.53. The van der Waals surface area contributed by atoms with E-state index in [-0.39, 0.29) is 12.5 Å². The van der Waals surface area contributed by atoms with E-state index in [9.17, 15) is 4.79 Å². The highest BCUT2D eigenvalue weighted by Gasteiger charge is 2.10. The number of amides is 1. The smallest absolute Gasteiger partial charge is 0.231 e. The van der Waals surface area contributed by atoms with Crippen LogP contribution in [-0.4, -0.2) is 28.9 Å². The molecule has 0 fully saturated rings. The maximum absolute atomic E-state index is 11.0. The van der Waals surface area contributed by atoms with Crippen molar-refractivity contribution in [1.29, 1.82) is 0 Å². The van der Waals surface area contributed by atoms with Crippen molar-refractivity contribution in [2.45, 2.75) is 26.3 Å². The highest BCUT2D eigenvalue weighted by molar-refractivity contribution is 5.75. The van der Waals surface area contributed by atoms with Gasteiger partial charge >= 0.3 is 0 Å². The van der Waals surface area contributed by atoms with Gasteiger partial charge in [-0.2, -0.15) is 0 Å². The Balaban J connectivity index is 2.64. The number of primary amides is 1. The molecule has 0 saturated heterocycles. The molecule has 17 heavy (non-hydrogen) atoms. The molecule has 1 aromatic rings. The summed E-state index contributed by atoms with van der Waals surface area (Å²) in [6.45, 7) is 3.83. The summed E-state index contributed by atoms with van der Waals surface area (Å²) in [6.07, 6.45) is 3.77. The molecule has 0 aliphatic rings. The maximum Gasteiger partial charge on any atom is 0.231 e. The zero-order chi connectivity index (χ0) is 12.7. The van der Waals surface area contributed by atoms with E-state index < -0.39 is 0 Å². The summed E-state index contributed by atoms with van der Waals surface area (Å²) in [5.41, 5.74) is 11.9. The molecular formula is C12H20N4O. The monoisotopic (exact) mass is 236 g/mol. The van der Waals surface area contributed by atoms with Crippen LogP contribution in [-0.2, 0) is 11.3 Å². The van der Waals surface area contributed by atoms with Crippen LogP contribution in [0.4, 0.5) is 5.82 Å². The highest BCUT2D eigenvalue weighted by Crippen LogP contribution is 2.11. The van der Waals surface area contributed by atoms with Crippen molar-refractivity contribution in [3.63, 3.8) is 0 Å². The van der Waals surface area contributed by atoms with Gasteiger partial charge in [0.1, 0.15) is 5.82 Å². The van der Waals surface area contributed by atoms with Gasteiger partial charge < -0.3 is 11.5 Å². The maximum atomic E-state index is 11.0. The van der Waals surface area contributed by atoms with Crippen LogP contribution in [0.5, 0.6) is 0 Å². The number of hydrogen-bond acceptors (Lipinski definition) is 4. The normalized spacial score (nSPS) is 10.7. The molecule has 5 heteroatoms. The average Bonchev–Trinajstić information content (AvgIpc) is 2.28. The van der Waals surface area contributed by atoms with E-state index in [0.29, 0.717) is 12.4 Å². The molecule has 94 valence electrons. The fourth-order valence-corrected chi connectivity index (χ4v) is 1.64. The number of nitrogens with zero attached hydrogens (tertiary/aromatic N) is 2. The lowest BCUT2D eigenvalue weighted by Crippen LogP contribution is -2.34. The largest absolute Gasteiger partial charge is 0.383 e. The Bertz CT molecular complexity index is 367. The van der Waals surface area contributed by atoms with Crippen LogP contribution in [0.1, 0.15) is 25.3 Å². The number of nitrogens with two attached hydrogens (primary N) is 2. The first kappa shape index (κ1) is 13.4. The van der Waals surface area contributed by atoms with E-state index in [2.05, 4.69) is 11.9 Å². The predicted octanol–water partition coefficient (Wildman–Crippen LogP) is 0.751. The first-order chi connectivity index (χ1) is 8.13. The Morgan fingerprint density at radius 2 is 2.29 bits per heavy atom. The number of aromatic nitrogens is 1. The standard InChI is InChI=1S/C12H20N4O/c1-2-3-7-16(9-11(13)17)8-10-5-4-6-15-12(10)14/h4-6H,2-3,7-9H2,1H3,(H2,13,17)(H2,14,15). The van der Waals surface area contributed by atoms with Crippen molar-refractivity contribution in [3.8, 4) is 0 Å². The van der Waals surface area contributed by atoms with Gasteiger partial charge in [0.25, 0.3) is 0 Å². The van der Waals surface area contributed by atoms with Crippen LogP contribution in [0.25, 0.3) is 0 Å². The highest BCUT2D eigenvalue weighted by atomic mass is 16.1. The van der Waals surface area contributed by atoms with Gasteiger partial charge in [-0.1, -0.05) is 19.4 Å². The molecular weight excluding hydrogens is 216 g/mol. The van der Waals surface area contributed by atoms with Gasteiger partial charge in [0.05, 0.1) is 6.54 Å². The van der Waals surface area contributed by atoms with Gasteiger partial charge in [-0.3, -0.25) is 9.69 Å². The molecule has 0 aliphatic carbocycles. The second-order valence-electron chi connectivity index (χ2n) is 4.08. The summed E-state index contributed by atoms with van der Waals surface area (Å²) in [5.74, 6) is 0.196. The van der Waals surface area contributed by atoms with Crippen LogP contribution in [0.2, 0.25) is 0 Å².